The third-order valence-corrected chi connectivity index (χ3v) is 3.00. The maximum atomic E-state index is 5.73. The van der Waals surface area contributed by atoms with Crippen molar-refractivity contribution in [2.75, 3.05) is 6.54 Å². The fourth-order valence-electron chi connectivity index (χ4n) is 0.667. The molecular weight excluding hydrogens is 145 g/mol. The van der Waals surface area contributed by atoms with E-state index in [4.69, 9.17) is 28.9 Å². The fraction of sp³-hybridized carbons (Fsp3) is 1.00. The normalized spacial score (nSPS) is 42.0. The minimum atomic E-state index is -0.526. The van der Waals surface area contributed by atoms with Gasteiger partial charge < -0.3 is 5.73 Å². The van der Waals surface area contributed by atoms with Crippen molar-refractivity contribution in [3.8, 4) is 0 Å². The highest BCUT2D eigenvalue weighted by atomic mass is 35.5. The first-order chi connectivity index (χ1) is 3.52. The summed E-state index contributed by atoms with van der Waals surface area (Å²) in [6, 6.07) is 0. The van der Waals surface area contributed by atoms with Gasteiger partial charge in [-0.3, -0.25) is 0 Å². The molecule has 0 amide bonds. The van der Waals surface area contributed by atoms with Crippen LogP contribution in [0.25, 0.3) is 0 Å². The second-order valence-corrected chi connectivity index (χ2v) is 4.13. The molecule has 1 aliphatic rings. The van der Waals surface area contributed by atoms with Gasteiger partial charge in [-0.05, 0) is 6.42 Å². The number of alkyl halides is 2. The quantitative estimate of drug-likeness (QED) is 0.569. The zero-order chi connectivity index (χ0) is 6.41. The van der Waals surface area contributed by atoms with E-state index in [2.05, 4.69) is 0 Å². The van der Waals surface area contributed by atoms with Crippen molar-refractivity contribution in [3.05, 3.63) is 0 Å². The lowest BCUT2D eigenvalue weighted by atomic mass is 10.1. The van der Waals surface area contributed by atoms with Gasteiger partial charge in [-0.1, -0.05) is 6.92 Å². The molecule has 1 aliphatic carbocycles. The standard InChI is InChI=1S/C5H9Cl2N/c1-4(3-8)2-5(4,6)7/h2-3,8H2,1H3/t4-/m0/s1. The summed E-state index contributed by atoms with van der Waals surface area (Å²) in [7, 11) is 0. The van der Waals surface area contributed by atoms with Crippen molar-refractivity contribution in [3.63, 3.8) is 0 Å². The number of hydrogen-bond donors (Lipinski definition) is 1. The lowest BCUT2D eigenvalue weighted by molar-refractivity contribution is 0.579. The molecule has 0 aromatic carbocycles. The van der Waals surface area contributed by atoms with Gasteiger partial charge in [-0.2, -0.15) is 0 Å². The fourth-order valence-corrected chi connectivity index (χ4v) is 1.41. The second-order valence-electron chi connectivity index (χ2n) is 2.65. The summed E-state index contributed by atoms with van der Waals surface area (Å²) in [5.41, 5.74) is 5.37. The first-order valence-corrected chi connectivity index (χ1v) is 3.35. The van der Waals surface area contributed by atoms with E-state index in [0.29, 0.717) is 6.54 Å². The van der Waals surface area contributed by atoms with E-state index in [1.807, 2.05) is 6.92 Å². The summed E-state index contributed by atoms with van der Waals surface area (Å²) in [4.78, 5) is 0. The molecule has 0 aliphatic heterocycles. The Bertz CT molecular complexity index is 113. The van der Waals surface area contributed by atoms with Crippen LogP contribution >= 0.6 is 23.2 Å². The van der Waals surface area contributed by atoms with Gasteiger partial charge in [0.1, 0.15) is 4.33 Å². The topological polar surface area (TPSA) is 26.0 Å². The predicted molar refractivity (Wildman–Crippen MR) is 36.2 cm³/mol. The van der Waals surface area contributed by atoms with Crippen molar-refractivity contribution >= 4 is 23.2 Å². The van der Waals surface area contributed by atoms with Gasteiger partial charge in [0.15, 0.2) is 0 Å². The first kappa shape index (κ1) is 6.66. The summed E-state index contributed by atoms with van der Waals surface area (Å²) in [6.07, 6.45) is 0.833. The van der Waals surface area contributed by atoms with Gasteiger partial charge in [0, 0.05) is 12.0 Å². The molecule has 0 heterocycles. The number of hydrogen-bond acceptors (Lipinski definition) is 1. The van der Waals surface area contributed by atoms with E-state index < -0.39 is 4.33 Å². The Kier molecular flexibility index (Phi) is 1.27. The number of halogens is 2. The minimum Gasteiger partial charge on any atom is -0.330 e. The predicted octanol–water partition coefficient (Wildman–Crippen LogP) is 1.53. The Morgan fingerprint density at radius 3 is 2.00 bits per heavy atom. The molecule has 3 heteroatoms. The molecule has 1 fully saturated rings. The third-order valence-electron chi connectivity index (χ3n) is 1.82. The van der Waals surface area contributed by atoms with Gasteiger partial charge in [0.25, 0.3) is 0 Å². The molecule has 48 valence electrons. The number of rotatable bonds is 1. The molecular formula is C5H9Cl2N. The van der Waals surface area contributed by atoms with E-state index in [9.17, 15) is 0 Å². The summed E-state index contributed by atoms with van der Waals surface area (Å²) < 4.78 is -0.526. The van der Waals surface area contributed by atoms with E-state index in [0.717, 1.165) is 6.42 Å². The Hall–Kier alpha value is 0.540. The summed E-state index contributed by atoms with van der Waals surface area (Å²) in [5, 5.41) is 0. The molecule has 0 aromatic rings. The molecule has 1 nitrogen and oxygen atoms in total. The van der Waals surface area contributed by atoms with Crippen LogP contribution in [0.5, 0.6) is 0 Å². The number of nitrogens with two attached hydrogens (primary N) is 1. The van der Waals surface area contributed by atoms with Gasteiger partial charge in [-0.15, -0.1) is 23.2 Å². The van der Waals surface area contributed by atoms with Crippen molar-refractivity contribution in [2.24, 2.45) is 11.1 Å². The summed E-state index contributed by atoms with van der Waals surface area (Å²) >= 11 is 11.5. The zero-order valence-electron chi connectivity index (χ0n) is 4.75. The largest absolute Gasteiger partial charge is 0.330 e. The molecule has 1 saturated carbocycles. The SMILES string of the molecule is C[C@@]1(CN)CC1(Cl)Cl. The van der Waals surface area contributed by atoms with Crippen molar-refractivity contribution < 1.29 is 0 Å². The van der Waals surface area contributed by atoms with Crippen LogP contribution in [0.4, 0.5) is 0 Å². The van der Waals surface area contributed by atoms with Gasteiger partial charge in [-0.25, -0.2) is 0 Å². The maximum Gasteiger partial charge on any atom is 0.125 e. The lowest BCUT2D eigenvalue weighted by Gasteiger charge is -2.05. The van der Waals surface area contributed by atoms with E-state index in [-0.39, 0.29) is 5.41 Å². The van der Waals surface area contributed by atoms with Crippen LogP contribution < -0.4 is 5.73 Å². The Balaban J connectivity index is 2.55. The van der Waals surface area contributed by atoms with E-state index >= 15 is 0 Å². The molecule has 1 rings (SSSR count). The van der Waals surface area contributed by atoms with Crippen molar-refractivity contribution in [1.29, 1.82) is 0 Å². The zero-order valence-corrected chi connectivity index (χ0v) is 6.26. The average molecular weight is 154 g/mol. The van der Waals surface area contributed by atoms with Crippen LogP contribution in [0.1, 0.15) is 13.3 Å². The van der Waals surface area contributed by atoms with Crippen LogP contribution in [-0.2, 0) is 0 Å². The highest BCUT2D eigenvalue weighted by Gasteiger charge is 2.61. The van der Waals surface area contributed by atoms with Gasteiger partial charge >= 0.3 is 0 Å². The maximum absolute atomic E-state index is 5.73. The highest BCUT2D eigenvalue weighted by Crippen LogP contribution is 2.62. The monoisotopic (exact) mass is 153 g/mol. The lowest BCUT2D eigenvalue weighted by Crippen LogP contribution is -2.17. The molecule has 0 saturated heterocycles. The summed E-state index contributed by atoms with van der Waals surface area (Å²) in [5.74, 6) is 0. The molecule has 0 radical (unpaired) electrons. The van der Waals surface area contributed by atoms with E-state index in [1.165, 1.54) is 0 Å². The van der Waals surface area contributed by atoms with Crippen LogP contribution in [0, 0.1) is 5.41 Å². The summed E-state index contributed by atoms with van der Waals surface area (Å²) in [6.45, 7) is 2.58. The molecule has 0 aromatic heterocycles. The smallest absolute Gasteiger partial charge is 0.125 e. The highest BCUT2D eigenvalue weighted by molar-refractivity contribution is 6.51. The molecule has 1 atom stereocenters. The van der Waals surface area contributed by atoms with Crippen LogP contribution in [-0.4, -0.2) is 10.9 Å². The van der Waals surface area contributed by atoms with E-state index in [1.54, 1.807) is 0 Å². The van der Waals surface area contributed by atoms with Crippen LogP contribution in [0.15, 0.2) is 0 Å². The minimum absolute atomic E-state index is 0.00386. The first-order valence-electron chi connectivity index (χ1n) is 2.60. The molecule has 0 spiro atoms. The van der Waals surface area contributed by atoms with Crippen LogP contribution in [0.2, 0.25) is 0 Å². The molecule has 2 N–H and O–H groups in total. The Morgan fingerprint density at radius 2 is 2.00 bits per heavy atom. The Morgan fingerprint density at radius 1 is 1.62 bits per heavy atom. The molecule has 0 bridgehead atoms. The third kappa shape index (κ3) is 0.734. The molecule has 8 heavy (non-hydrogen) atoms. The van der Waals surface area contributed by atoms with Crippen LogP contribution in [0.3, 0.4) is 0 Å². The van der Waals surface area contributed by atoms with Crippen molar-refractivity contribution in [2.45, 2.75) is 17.7 Å². The van der Waals surface area contributed by atoms with Crippen molar-refractivity contribution in [1.82, 2.24) is 0 Å². The second kappa shape index (κ2) is 1.53. The average Bonchev–Trinajstić information content (AvgIpc) is 2.10. The van der Waals surface area contributed by atoms with Gasteiger partial charge in [0.05, 0.1) is 0 Å². The Labute approximate surface area is 59.1 Å². The van der Waals surface area contributed by atoms with Gasteiger partial charge in [0.2, 0.25) is 0 Å². The molecule has 0 unspecified atom stereocenters.